The molecule has 3 rings (SSSR count). The van der Waals surface area contributed by atoms with Crippen molar-refractivity contribution < 1.29 is 24.5 Å². The summed E-state index contributed by atoms with van der Waals surface area (Å²) in [6.45, 7) is 3.43. The molecule has 0 spiro atoms. The van der Waals surface area contributed by atoms with E-state index in [2.05, 4.69) is 4.90 Å². The van der Waals surface area contributed by atoms with Crippen LogP contribution in [0.1, 0.15) is 12.0 Å². The molecule has 2 saturated heterocycles. The van der Waals surface area contributed by atoms with Gasteiger partial charge < -0.3 is 19.7 Å². The minimum atomic E-state index is -0.693. The summed E-state index contributed by atoms with van der Waals surface area (Å²) in [7, 11) is 0. The predicted octanol–water partition coefficient (Wildman–Crippen LogP) is 0.981. The van der Waals surface area contributed by atoms with Gasteiger partial charge in [-0.1, -0.05) is 12.1 Å². The van der Waals surface area contributed by atoms with Gasteiger partial charge in [0, 0.05) is 32.2 Å². The topological polar surface area (TPSA) is 79.2 Å². The van der Waals surface area contributed by atoms with Crippen LogP contribution in [-0.4, -0.2) is 60.6 Å². The first-order valence-corrected chi connectivity index (χ1v) is 8.00. The number of ether oxygens (including phenoxy) is 2. The summed E-state index contributed by atoms with van der Waals surface area (Å²) in [5.74, 6) is 0.107. The van der Waals surface area contributed by atoms with Crippen LogP contribution in [0.25, 0.3) is 0 Å². The van der Waals surface area contributed by atoms with Gasteiger partial charge in [0.1, 0.15) is 12.4 Å². The first-order chi connectivity index (χ1) is 11.1. The summed E-state index contributed by atoms with van der Waals surface area (Å²) in [5, 5.41) is 18.4. The van der Waals surface area contributed by atoms with Crippen LogP contribution in [0.15, 0.2) is 24.3 Å². The molecule has 6 nitrogen and oxygen atoms in total. The van der Waals surface area contributed by atoms with Gasteiger partial charge in [-0.25, -0.2) is 0 Å². The molecule has 0 amide bonds. The van der Waals surface area contributed by atoms with Gasteiger partial charge in [0.2, 0.25) is 0 Å². The number of hydrogen-bond donors (Lipinski definition) is 2. The van der Waals surface area contributed by atoms with E-state index in [-0.39, 0.29) is 19.1 Å². The van der Waals surface area contributed by atoms with E-state index >= 15 is 0 Å². The molecule has 0 saturated carbocycles. The zero-order valence-corrected chi connectivity index (χ0v) is 13.1. The Morgan fingerprint density at radius 1 is 1.39 bits per heavy atom. The largest absolute Gasteiger partial charge is 0.491 e. The van der Waals surface area contributed by atoms with Crippen LogP contribution in [-0.2, 0) is 16.1 Å². The second-order valence-electron chi connectivity index (χ2n) is 6.37. The molecule has 2 aliphatic heterocycles. The lowest BCUT2D eigenvalue weighted by Gasteiger charge is -2.34. The number of hydrogen-bond acceptors (Lipinski definition) is 5. The van der Waals surface area contributed by atoms with E-state index in [9.17, 15) is 9.90 Å². The van der Waals surface area contributed by atoms with Crippen molar-refractivity contribution in [3.8, 4) is 5.75 Å². The average Bonchev–Trinajstić information content (AvgIpc) is 2.93. The van der Waals surface area contributed by atoms with Gasteiger partial charge in [-0.15, -0.1) is 0 Å². The zero-order chi connectivity index (χ0) is 16.3. The van der Waals surface area contributed by atoms with E-state index in [0.717, 1.165) is 24.4 Å². The van der Waals surface area contributed by atoms with Gasteiger partial charge in [0.15, 0.2) is 0 Å². The highest BCUT2D eigenvalue weighted by Gasteiger charge is 2.53. The lowest BCUT2D eigenvalue weighted by Crippen LogP contribution is -2.44. The van der Waals surface area contributed by atoms with E-state index in [4.69, 9.17) is 14.6 Å². The molecule has 23 heavy (non-hydrogen) atoms. The summed E-state index contributed by atoms with van der Waals surface area (Å²) < 4.78 is 10.8. The summed E-state index contributed by atoms with van der Waals surface area (Å²) in [6.07, 6.45) is 0.595. The van der Waals surface area contributed by atoms with Crippen LogP contribution >= 0.6 is 0 Å². The predicted molar refractivity (Wildman–Crippen MR) is 83.3 cm³/mol. The fourth-order valence-corrected chi connectivity index (χ4v) is 3.64. The first-order valence-electron chi connectivity index (χ1n) is 8.00. The van der Waals surface area contributed by atoms with Crippen LogP contribution in [0.4, 0.5) is 0 Å². The Bertz CT molecular complexity index is 546. The van der Waals surface area contributed by atoms with Crippen LogP contribution in [0.2, 0.25) is 0 Å². The Morgan fingerprint density at radius 3 is 2.83 bits per heavy atom. The number of fused-ring (bicyclic) bond motifs is 1. The monoisotopic (exact) mass is 321 g/mol. The first kappa shape index (κ1) is 16.2. The van der Waals surface area contributed by atoms with Gasteiger partial charge >= 0.3 is 5.97 Å². The Kier molecular flexibility index (Phi) is 4.84. The van der Waals surface area contributed by atoms with Gasteiger partial charge in [-0.05, 0) is 24.1 Å². The molecule has 2 heterocycles. The fraction of sp³-hybridized carbons (Fsp3) is 0.588. The van der Waals surface area contributed by atoms with Gasteiger partial charge in [-0.2, -0.15) is 0 Å². The highest BCUT2D eigenvalue weighted by atomic mass is 16.5. The number of aliphatic carboxylic acids is 1. The van der Waals surface area contributed by atoms with Gasteiger partial charge in [-0.3, -0.25) is 9.69 Å². The number of likely N-dealkylation sites (tertiary alicyclic amines) is 1. The molecule has 1 aromatic carbocycles. The number of rotatable bonds is 6. The molecular formula is C17H23NO5. The Hall–Kier alpha value is -1.63. The van der Waals surface area contributed by atoms with E-state index < -0.39 is 11.4 Å². The van der Waals surface area contributed by atoms with Crippen molar-refractivity contribution >= 4 is 5.97 Å². The highest BCUT2D eigenvalue weighted by Crippen LogP contribution is 2.42. The van der Waals surface area contributed by atoms with Crippen molar-refractivity contribution in [2.45, 2.75) is 13.0 Å². The molecule has 0 radical (unpaired) electrons. The number of nitrogens with zero attached hydrogens (tertiary/aromatic N) is 1. The molecular weight excluding hydrogens is 298 g/mol. The van der Waals surface area contributed by atoms with Gasteiger partial charge in [0.25, 0.3) is 0 Å². The van der Waals surface area contributed by atoms with Crippen molar-refractivity contribution in [3.63, 3.8) is 0 Å². The molecule has 0 bridgehead atoms. The normalized spacial score (nSPS) is 27.6. The second kappa shape index (κ2) is 6.86. The van der Waals surface area contributed by atoms with Crippen molar-refractivity contribution in [2.24, 2.45) is 11.3 Å². The number of aliphatic hydroxyl groups excluding tert-OH is 1. The summed E-state index contributed by atoms with van der Waals surface area (Å²) in [5.41, 5.74) is 0.476. The molecule has 0 unspecified atom stereocenters. The number of benzene rings is 1. The van der Waals surface area contributed by atoms with Crippen LogP contribution < -0.4 is 4.74 Å². The standard InChI is InChI=1S/C17H23NO5/c19-6-8-23-15-3-1-13(2-4-15)9-18-10-14-11-22-7-5-17(14,12-18)16(20)21/h1-4,14,19H,5-12H2,(H,20,21)/t14-,17+/m1/s1. The van der Waals surface area contributed by atoms with Crippen molar-refractivity contribution in [3.05, 3.63) is 29.8 Å². The Morgan fingerprint density at radius 2 is 2.17 bits per heavy atom. The van der Waals surface area contributed by atoms with Crippen molar-refractivity contribution in [2.75, 3.05) is 39.5 Å². The van der Waals surface area contributed by atoms with Crippen LogP contribution in [0, 0.1) is 11.3 Å². The second-order valence-corrected chi connectivity index (χ2v) is 6.37. The molecule has 2 atom stereocenters. The molecule has 2 aliphatic rings. The van der Waals surface area contributed by atoms with Gasteiger partial charge in [0.05, 0.1) is 18.6 Å². The maximum Gasteiger partial charge on any atom is 0.311 e. The summed E-state index contributed by atoms with van der Waals surface area (Å²) >= 11 is 0. The minimum absolute atomic E-state index is 0.00371. The van der Waals surface area contributed by atoms with Crippen molar-refractivity contribution in [1.82, 2.24) is 4.90 Å². The average molecular weight is 321 g/mol. The molecule has 0 aromatic heterocycles. The third kappa shape index (κ3) is 3.34. The van der Waals surface area contributed by atoms with Crippen molar-refractivity contribution in [1.29, 1.82) is 0 Å². The smallest absolute Gasteiger partial charge is 0.311 e. The number of aliphatic hydroxyl groups is 1. The lowest BCUT2D eigenvalue weighted by molar-refractivity contribution is -0.157. The molecule has 126 valence electrons. The van der Waals surface area contributed by atoms with Crippen LogP contribution in [0.3, 0.4) is 0 Å². The lowest BCUT2D eigenvalue weighted by atomic mass is 9.74. The maximum absolute atomic E-state index is 11.8. The van der Waals surface area contributed by atoms with E-state index in [0.29, 0.717) is 26.2 Å². The third-order valence-corrected chi connectivity index (χ3v) is 4.89. The minimum Gasteiger partial charge on any atom is -0.491 e. The molecule has 6 heteroatoms. The quantitative estimate of drug-likeness (QED) is 0.813. The van der Waals surface area contributed by atoms with Crippen LogP contribution in [0.5, 0.6) is 5.75 Å². The number of carboxylic acids is 1. The molecule has 1 aromatic rings. The summed E-state index contributed by atoms with van der Waals surface area (Å²) in [6, 6.07) is 7.73. The molecule has 2 fully saturated rings. The summed E-state index contributed by atoms with van der Waals surface area (Å²) in [4.78, 5) is 14.0. The molecule has 0 aliphatic carbocycles. The zero-order valence-electron chi connectivity index (χ0n) is 13.1. The highest BCUT2D eigenvalue weighted by molar-refractivity contribution is 5.76. The third-order valence-electron chi connectivity index (χ3n) is 4.89. The number of carboxylic acid groups (broad SMARTS) is 1. The Labute approximate surface area is 135 Å². The molecule has 2 N–H and O–H groups in total. The number of carbonyl (C=O) groups is 1. The van der Waals surface area contributed by atoms with E-state index in [1.165, 1.54) is 0 Å². The van der Waals surface area contributed by atoms with E-state index in [1.54, 1.807) is 0 Å². The SMILES string of the molecule is O=C(O)[C@]12CCOC[C@H]1CN(Cc1ccc(OCCO)cc1)C2. The maximum atomic E-state index is 11.8. The van der Waals surface area contributed by atoms with E-state index in [1.807, 2.05) is 24.3 Å². The fourth-order valence-electron chi connectivity index (χ4n) is 3.64. The Balaban J connectivity index is 1.64.